The summed E-state index contributed by atoms with van der Waals surface area (Å²) in [5.74, 6) is -1.93. The molecule has 1 aliphatic heterocycles. The van der Waals surface area contributed by atoms with E-state index in [0.29, 0.717) is 12.2 Å². The highest BCUT2D eigenvalue weighted by molar-refractivity contribution is 8.04. The van der Waals surface area contributed by atoms with Crippen molar-refractivity contribution in [1.29, 1.82) is 0 Å². The van der Waals surface area contributed by atoms with Crippen LogP contribution in [0.5, 0.6) is 0 Å². The highest BCUT2D eigenvalue weighted by Crippen LogP contribution is 2.43. The molecule has 3 atom stereocenters. The lowest BCUT2D eigenvalue weighted by Crippen LogP contribution is -2.45. The topological polar surface area (TPSA) is 103 Å². The highest BCUT2D eigenvalue weighted by Gasteiger charge is 2.45. The smallest absolute Gasteiger partial charge is 0.345 e. The molecule has 0 aromatic heterocycles. The maximum absolute atomic E-state index is 13.2. The summed E-state index contributed by atoms with van der Waals surface area (Å²) in [6, 6.07) is 9.36. The molecule has 0 saturated heterocycles. The van der Waals surface area contributed by atoms with Gasteiger partial charge in [0.2, 0.25) is 6.41 Å². The summed E-state index contributed by atoms with van der Waals surface area (Å²) in [6.45, 7) is 8.05. The summed E-state index contributed by atoms with van der Waals surface area (Å²) < 4.78 is 22.1. The number of methoxy groups -OCH3 is 1. The van der Waals surface area contributed by atoms with Gasteiger partial charge in [0, 0.05) is 7.11 Å². The fourth-order valence-corrected chi connectivity index (χ4v) is 5.24. The number of ether oxygens (including phenoxy) is 4. The Hall–Kier alpha value is -1.91. The molecular formula is C28H43NO7S. The molecule has 37 heavy (non-hydrogen) atoms. The molecule has 0 aliphatic carbocycles. The van der Waals surface area contributed by atoms with E-state index >= 15 is 0 Å². The fourth-order valence-electron chi connectivity index (χ4n) is 3.90. The third-order valence-electron chi connectivity index (χ3n) is 5.65. The van der Waals surface area contributed by atoms with Gasteiger partial charge in [-0.3, -0.25) is 10.1 Å². The Balaban J connectivity index is 2.09. The number of aliphatic hydroxyl groups excluding tert-OH is 1. The Morgan fingerprint density at radius 2 is 1.73 bits per heavy atom. The van der Waals surface area contributed by atoms with Crippen LogP contribution in [0.25, 0.3) is 0 Å². The number of esters is 2. The van der Waals surface area contributed by atoms with Gasteiger partial charge in [-0.1, -0.05) is 81.1 Å². The van der Waals surface area contributed by atoms with Gasteiger partial charge in [0.1, 0.15) is 18.1 Å². The molecule has 1 aromatic rings. The SMILES string of the molecule is CCCCCCCCOC(O)NC1SC(C(=O)OCc2ccccc2)=C(COC)C1C(=O)OC(C)(C)C. The zero-order valence-corrected chi connectivity index (χ0v) is 23.6. The number of thioether (sulfide) groups is 1. The minimum absolute atomic E-state index is 0.0412. The van der Waals surface area contributed by atoms with Crippen LogP contribution in [0.1, 0.15) is 71.8 Å². The Bertz CT molecular complexity index is 869. The van der Waals surface area contributed by atoms with E-state index in [1.54, 1.807) is 20.8 Å². The molecule has 0 radical (unpaired) electrons. The molecule has 0 spiro atoms. The monoisotopic (exact) mass is 537 g/mol. The van der Waals surface area contributed by atoms with Crippen molar-refractivity contribution in [2.75, 3.05) is 20.3 Å². The van der Waals surface area contributed by atoms with Crippen molar-refractivity contribution in [3.8, 4) is 0 Å². The summed E-state index contributed by atoms with van der Waals surface area (Å²) >= 11 is 1.12. The van der Waals surface area contributed by atoms with Crippen LogP contribution in [0.2, 0.25) is 0 Å². The van der Waals surface area contributed by atoms with Gasteiger partial charge < -0.3 is 24.1 Å². The summed E-state index contributed by atoms with van der Waals surface area (Å²) in [7, 11) is 1.50. The lowest BCUT2D eigenvalue weighted by Gasteiger charge is -2.27. The standard InChI is InChI=1S/C28H43NO7S/c1-6-7-8-9-10-14-17-34-27(32)29-24-22(25(30)36-28(2,3)4)21(19-33-5)23(37-24)26(31)35-18-20-15-12-11-13-16-20/h11-13,15-16,22,24,27,29,32H,6-10,14,17-19H2,1-5H3. The molecule has 2 rings (SSSR count). The molecule has 1 aromatic carbocycles. The van der Waals surface area contributed by atoms with Gasteiger partial charge >= 0.3 is 11.9 Å². The summed E-state index contributed by atoms with van der Waals surface area (Å²) in [5.41, 5.74) is 0.582. The van der Waals surface area contributed by atoms with Gasteiger partial charge in [-0.2, -0.15) is 0 Å². The van der Waals surface area contributed by atoms with E-state index in [0.717, 1.165) is 36.6 Å². The van der Waals surface area contributed by atoms with Crippen LogP contribution in [0, 0.1) is 5.92 Å². The van der Waals surface area contributed by atoms with Crippen molar-refractivity contribution in [2.24, 2.45) is 5.92 Å². The largest absolute Gasteiger partial charge is 0.459 e. The van der Waals surface area contributed by atoms with Gasteiger partial charge in [-0.15, -0.1) is 0 Å². The van der Waals surface area contributed by atoms with Crippen molar-refractivity contribution < 1.29 is 33.6 Å². The maximum Gasteiger partial charge on any atom is 0.345 e. The predicted molar refractivity (Wildman–Crippen MR) is 144 cm³/mol. The van der Waals surface area contributed by atoms with Crippen molar-refractivity contribution in [2.45, 2.75) is 90.2 Å². The predicted octanol–water partition coefficient (Wildman–Crippen LogP) is 4.90. The molecule has 1 aliphatic rings. The summed E-state index contributed by atoms with van der Waals surface area (Å²) in [4.78, 5) is 26.6. The van der Waals surface area contributed by atoms with Crippen LogP contribution >= 0.6 is 11.8 Å². The van der Waals surface area contributed by atoms with Crippen LogP contribution in [0.4, 0.5) is 0 Å². The number of aliphatic hydroxyl groups is 1. The van der Waals surface area contributed by atoms with Gasteiger partial charge in [0.25, 0.3) is 0 Å². The Kier molecular flexibility index (Phi) is 13.7. The van der Waals surface area contributed by atoms with Crippen LogP contribution in [0.15, 0.2) is 40.8 Å². The Morgan fingerprint density at radius 1 is 1.05 bits per heavy atom. The van der Waals surface area contributed by atoms with E-state index in [-0.39, 0.29) is 18.1 Å². The van der Waals surface area contributed by atoms with Gasteiger partial charge in [-0.25, -0.2) is 4.79 Å². The molecule has 0 fully saturated rings. The van der Waals surface area contributed by atoms with Gasteiger partial charge in [0.15, 0.2) is 0 Å². The zero-order chi connectivity index (χ0) is 27.3. The van der Waals surface area contributed by atoms with Crippen molar-refractivity contribution in [1.82, 2.24) is 5.32 Å². The number of rotatable bonds is 16. The van der Waals surface area contributed by atoms with E-state index < -0.39 is 35.2 Å². The lowest BCUT2D eigenvalue weighted by molar-refractivity contribution is -0.160. The first-order valence-corrected chi connectivity index (χ1v) is 13.9. The van der Waals surface area contributed by atoms with Crippen LogP contribution in [0.3, 0.4) is 0 Å². The van der Waals surface area contributed by atoms with Gasteiger partial charge in [0.05, 0.1) is 23.5 Å². The fraction of sp³-hybridized carbons (Fsp3) is 0.643. The molecule has 2 N–H and O–H groups in total. The number of hydrogen-bond donors (Lipinski definition) is 2. The third kappa shape index (κ3) is 11.2. The minimum Gasteiger partial charge on any atom is -0.459 e. The molecule has 0 amide bonds. The molecule has 3 unspecified atom stereocenters. The number of benzene rings is 1. The van der Waals surface area contributed by atoms with E-state index in [1.807, 2.05) is 30.3 Å². The number of unbranched alkanes of at least 4 members (excludes halogenated alkanes) is 5. The lowest BCUT2D eigenvalue weighted by atomic mass is 9.98. The van der Waals surface area contributed by atoms with E-state index in [9.17, 15) is 14.7 Å². The first-order chi connectivity index (χ1) is 17.7. The average Bonchev–Trinajstić information content (AvgIpc) is 3.19. The molecule has 208 valence electrons. The molecule has 0 bridgehead atoms. The number of nitrogens with one attached hydrogen (secondary N) is 1. The van der Waals surface area contributed by atoms with E-state index in [2.05, 4.69) is 12.2 Å². The summed E-state index contributed by atoms with van der Waals surface area (Å²) in [5, 5.41) is 12.8. The number of carbonyl (C=O) groups is 2. The summed E-state index contributed by atoms with van der Waals surface area (Å²) in [6.07, 6.45) is 5.31. The first kappa shape index (κ1) is 31.3. The second-order valence-corrected chi connectivity index (χ2v) is 11.2. The van der Waals surface area contributed by atoms with Crippen LogP contribution < -0.4 is 5.32 Å². The zero-order valence-electron chi connectivity index (χ0n) is 22.8. The molecular weight excluding hydrogens is 494 g/mol. The second-order valence-electron chi connectivity index (χ2n) is 10.1. The normalized spacial score (nSPS) is 18.6. The van der Waals surface area contributed by atoms with Crippen LogP contribution in [-0.2, 0) is 35.1 Å². The van der Waals surface area contributed by atoms with E-state index in [1.165, 1.54) is 26.4 Å². The van der Waals surface area contributed by atoms with Crippen molar-refractivity contribution >= 4 is 23.7 Å². The highest BCUT2D eigenvalue weighted by atomic mass is 32.2. The second kappa shape index (κ2) is 16.1. The Labute approximate surface area is 225 Å². The molecule has 8 nitrogen and oxygen atoms in total. The number of carbonyl (C=O) groups excluding carboxylic acids is 2. The van der Waals surface area contributed by atoms with E-state index in [4.69, 9.17) is 18.9 Å². The number of hydrogen-bond acceptors (Lipinski definition) is 9. The van der Waals surface area contributed by atoms with Gasteiger partial charge in [-0.05, 0) is 38.3 Å². The third-order valence-corrected chi connectivity index (χ3v) is 6.98. The van der Waals surface area contributed by atoms with Crippen molar-refractivity contribution in [3.63, 3.8) is 0 Å². The quantitative estimate of drug-likeness (QED) is 0.173. The minimum atomic E-state index is -1.30. The molecule has 9 heteroatoms. The maximum atomic E-state index is 13.2. The van der Waals surface area contributed by atoms with Crippen LogP contribution in [-0.4, -0.2) is 54.8 Å². The molecule has 1 heterocycles. The molecule has 0 saturated carbocycles. The Morgan fingerprint density at radius 3 is 2.38 bits per heavy atom. The van der Waals surface area contributed by atoms with Crippen molar-refractivity contribution in [3.05, 3.63) is 46.4 Å². The first-order valence-electron chi connectivity index (χ1n) is 13.0. The average molecular weight is 538 g/mol.